The monoisotopic (exact) mass is 239 g/mol. The molecule has 1 heterocycles. The molecule has 1 N–H and O–H groups in total. The van der Waals surface area contributed by atoms with Gasteiger partial charge in [0.05, 0.1) is 12.8 Å². The Morgan fingerprint density at radius 1 is 1.11 bits per heavy atom. The summed E-state index contributed by atoms with van der Waals surface area (Å²) in [6, 6.07) is 10.8. The van der Waals surface area contributed by atoms with E-state index in [9.17, 15) is 0 Å². The van der Waals surface area contributed by atoms with Crippen LogP contribution in [0.4, 0.5) is 0 Å². The van der Waals surface area contributed by atoms with Gasteiger partial charge in [-0.2, -0.15) is 0 Å². The van der Waals surface area contributed by atoms with Crippen LogP contribution in [-0.2, 0) is 0 Å². The van der Waals surface area contributed by atoms with Crippen molar-refractivity contribution in [1.82, 2.24) is 4.98 Å². The molecule has 0 atom stereocenters. The lowest BCUT2D eigenvalue weighted by atomic mass is 10.2. The predicted octanol–water partition coefficient (Wildman–Crippen LogP) is 2.59. The van der Waals surface area contributed by atoms with Gasteiger partial charge >= 0.3 is 0 Å². The first-order valence-corrected chi connectivity index (χ1v) is 5.68. The highest BCUT2D eigenvalue weighted by Crippen LogP contribution is 2.11. The number of benzene rings is 1. The second-order valence-electron chi connectivity index (χ2n) is 3.61. The molecule has 2 aromatic rings. The fraction of sp³-hybridized carbons (Fsp3) is 0.133. The van der Waals surface area contributed by atoms with E-state index >= 15 is 0 Å². The largest absolute Gasteiger partial charge is 0.506 e. The van der Waals surface area contributed by atoms with E-state index in [0.717, 1.165) is 11.3 Å². The minimum Gasteiger partial charge on any atom is -0.506 e. The lowest BCUT2D eigenvalue weighted by Gasteiger charge is -2.01. The molecule has 2 rings (SSSR count). The highest BCUT2D eigenvalue weighted by molar-refractivity contribution is 5.42. The Hall–Kier alpha value is -2.47. The minimum absolute atomic E-state index is 0.140. The molecular weight excluding hydrogens is 226 g/mol. The standard InChI is InChI=1S/C15H13NO2/c1-2-18-15-9-4-12(5-10-15)3-6-13-7-8-14(17)11-16-13/h4-5,7-11,17H,2H2,1H3. The Bertz CT molecular complexity index is 562. The molecule has 3 nitrogen and oxygen atoms in total. The lowest BCUT2D eigenvalue weighted by Crippen LogP contribution is -1.90. The summed E-state index contributed by atoms with van der Waals surface area (Å²) in [4.78, 5) is 3.99. The third kappa shape index (κ3) is 3.26. The van der Waals surface area contributed by atoms with Gasteiger partial charge in [-0.25, -0.2) is 4.98 Å². The molecular formula is C15H13NO2. The summed E-state index contributed by atoms with van der Waals surface area (Å²) < 4.78 is 5.35. The molecule has 0 bridgehead atoms. The molecule has 1 aromatic heterocycles. The molecule has 3 heteroatoms. The maximum Gasteiger partial charge on any atom is 0.133 e. The van der Waals surface area contributed by atoms with Crippen LogP contribution in [0.1, 0.15) is 18.2 Å². The minimum atomic E-state index is 0.140. The number of hydrogen-bond acceptors (Lipinski definition) is 3. The average molecular weight is 239 g/mol. The van der Waals surface area contributed by atoms with Gasteiger partial charge in [0.1, 0.15) is 17.2 Å². The normalized spacial score (nSPS) is 9.39. The number of aromatic hydroxyl groups is 1. The van der Waals surface area contributed by atoms with E-state index < -0.39 is 0 Å². The topological polar surface area (TPSA) is 42.4 Å². The maximum absolute atomic E-state index is 9.10. The SMILES string of the molecule is CCOc1ccc(C#Cc2ccc(O)cn2)cc1. The van der Waals surface area contributed by atoms with Crippen LogP contribution in [0.15, 0.2) is 42.6 Å². The van der Waals surface area contributed by atoms with Crippen molar-refractivity contribution >= 4 is 0 Å². The number of hydrogen-bond donors (Lipinski definition) is 1. The third-order valence-electron chi connectivity index (χ3n) is 2.25. The predicted molar refractivity (Wildman–Crippen MR) is 69.5 cm³/mol. The van der Waals surface area contributed by atoms with E-state index in [1.807, 2.05) is 31.2 Å². The van der Waals surface area contributed by atoms with Crippen molar-refractivity contribution in [3.05, 3.63) is 53.9 Å². The molecule has 0 saturated heterocycles. The Morgan fingerprint density at radius 2 is 1.89 bits per heavy atom. The van der Waals surface area contributed by atoms with E-state index in [0.29, 0.717) is 12.3 Å². The van der Waals surface area contributed by atoms with Gasteiger partial charge in [-0.05, 0) is 49.2 Å². The summed E-state index contributed by atoms with van der Waals surface area (Å²) in [7, 11) is 0. The summed E-state index contributed by atoms with van der Waals surface area (Å²) in [6.07, 6.45) is 1.38. The molecule has 0 aliphatic carbocycles. The van der Waals surface area contributed by atoms with Crippen LogP contribution in [0.3, 0.4) is 0 Å². The van der Waals surface area contributed by atoms with Gasteiger partial charge in [0.15, 0.2) is 0 Å². The van der Waals surface area contributed by atoms with Crippen molar-refractivity contribution in [1.29, 1.82) is 0 Å². The van der Waals surface area contributed by atoms with Gasteiger partial charge in [0, 0.05) is 5.56 Å². The van der Waals surface area contributed by atoms with Gasteiger partial charge in [0.2, 0.25) is 0 Å². The first-order chi connectivity index (χ1) is 8.78. The third-order valence-corrected chi connectivity index (χ3v) is 2.25. The Balaban J connectivity index is 2.12. The van der Waals surface area contributed by atoms with Gasteiger partial charge in [-0.3, -0.25) is 0 Å². The van der Waals surface area contributed by atoms with Crippen molar-refractivity contribution in [3.63, 3.8) is 0 Å². The number of pyridine rings is 1. The van der Waals surface area contributed by atoms with Crippen molar-refractivity contribution in [2.75, 3.05) is 6.61 Å². The van der Waals surface area contributed by atoms with Gasteiger partial charge in [-0.1, -0.05) is 5.92 Å². The molecule has 1 aromatic carbocycles. The summed E-state index contributed by atoms with van der Waals surface area (Å²) in [5, 5.41) is 9.10. The molecule has 0 aliphatic heterocycles. The molecule has 18 heavy (non-hydrogen) atoms. The number of ether oxygens (including phenoxy) is 1. The first kappa shape index (κ1) is 12.0. The van der Waals surface area contributed by atoms with Crippen LogP contribution in [0, 0.1) is 11.8 Å². The molecule has 0 saturated carbocycles. The number of rotatable bonds is 2. The highest BCUT2D eigenvalue weighted by Gasteiger charge is 1.92. The summed E-state index contributed by atoms with van der Waals surface area (Å²) >= 11 is 0. The Morgan fingerprint density at radius 3 is 2.50 bits per heavy atom. The molecule has 0 fully saturated rings. The Kier molecular flexibility index (Phi) is 3.83. The first-order valence-electron chi connectivity index (χ1n) is 5.68. The van der Waals surface area contributed by atoms with E-state index in [2.05, 4.69) is 16.8 Å². The fourth-order valence-corrected chi connectivity index (χ4v) is 1.40. The molecule has 0 spiro atoms. The van der Waals surface area contributed by atoms with E-state index in [1.54, 1.807) is 12.1 Å². The maximum atomic E-state index is 9.10. The quantitative estimate of drug-likeness (QED) is 0.819. The molecule has 0 radical (unpaired) electrons. The summed E-state index contributed by atoms with van der Waals surface area (Å²) in [5.41, 5.74) is 1.52. The fourth-order valence-electron chi connectivity index (χ4n) is 1.40. The highest BCUT2D eigenvalue weighted by atomic mass is 16.5. The van der Waals surface area contributed by atoms with Crippen molar-refractivity contribution in [3.8, 4) is 23.3 Å². The zero-order valence-corrected chi connectivity index (χ0v) is 10.1. The Labute approximate surface area is 106 Å². The van der Waals surface area contributed by atoms with E-state index in [1.165, 1.54) is 6.20 Å². The van der Waals surface area contributed by atoms with Crippen molar-refractivity contribution in [2.24, 2.45) is 0 Å². The van der Waals surface area contributed by atoms with Crippen LogP contribution in [0.5, 0.6) is 11.5 Å². The molecule has 0 unspecified atom stereocenters. The summed E-state index contributed by atoms with van der Waals surface area (Å²) in [5.74, 6) is 6.91. The van der Waals surface area contributed by atoms with Crippen LogP contribution >= 0.6 is 0 Å². The van der Waals surface area contributed by atoms with Gasteiger partial charge in [-0.15, -0.1) is 0 Å². The van der Waals surface area contributed by atoms with Gasteiger partial charge < -0.3 is 9.84 Å². The number of aromatic nitrogens is 1. The molecule has 0 amide bonds. The second-order valence-corrected chi connectivity index (χ2v) is 3.61. The van der Waals surface area contributed by atoms with Gasteiger partial charge in [0.25, 0.3) is 0 Å². The van der Waals surface area contributed by atoms with Crippen molar-refractivity contribution < 1.29 is 9.84 Å². The molecule has 90 valence electrons. The zero-order valence-electron chi connectivity index (χ0n) is 10.1. The second kappa shape index (κ2) is 5.74. The number of nitrogens with zero attached hydrogens (tertiary/aromatic N) is 1. The van der Waals surface area contributed by atoms with Crippen LogP contribution in [0.25, 0.3) is 0 Å². The van der Waals surface area contributed by atoms with E-state index in [4.69, 9.17) is 9.84 Å². The molecule has 0 aliphatic rings. The van der Waals surface area contributed by atoms with E-state index in [-0.39, 0.29) is 5.75 Å². The average Bonchev–Trinajstić information content (AvgIpc) is 2.40. The van der Waals surface area contributed by atoms with Crippen LogP contribution < -0.4 is 4.74 Å². The smallest absolute Gasteiger partial charge is 0.133 e. The van der Waals surface area contributed by atoms with Crippen LogP contribution in [0.2, 0.25) is 0 Å². The van der Waals surface area contributed by atoms with Crippen LogP contribution in [-0.4, -0.2) is 16.7 Å². The lowest BCUT2D eigenvalue weighted by molar-refractivity contribution is 0.340. The zero-order chi connectivity index (χ0) is 12.8. The van der Waals surface area contributed by atoms with Crippen molar-refractivity contribution in [2.45, 2.75) is 6.92 Å². The summed E-state index contributed by atoms with van der Waals surface area (Å²) in [6.45, 7) is 2.60.